The Labute approximate surface area is 124 Å². The van der Waals surface area contributed by atoms with Crippen LogP contribution >= 0.6 is 0 Å². The quantitative estimate of drug-likeness (QED) is 0.826. The van der Waals surface area contributed by atoms with Crippen molar-refractivity contribution in [3.63, 3.8) is 0 Å². The summed E-state index contributed by atoms with van der Waals surface area (Å²) in [6.45, 7) is 5.73. The molecule has 1 aliphatic rings. The average Bonchev–Trinajstić information content (AvgIpc) is 2.88. The van der Waals surface area contributed by atoms with Gasteiger partial charge in [-0.3, -0.25) is 4.68 Å². The summed E-state index contributed by atoms with van der Waals surface area (Å²) in [5.74, 6) is 1.78. The second-order valence-electron chi connectivity index (χ2n) is 6.45. The number of nitrogens with one attached hydrogen (secondary N) is 1. The third-order valence-electron chi connectivity index (χ3n) is 4.82. The Hall–Kier alpha value is -0.830. The van der Waals surface area contributed by atoms with Crippen molar-refractivity contribution in [2.75, 3.05) is 6.54 Å². The van der Waals surface area contributed by atoms with E-state index in [1.807, 2.05) is 11.7 Å². The molecule has 0 saturated heterocycles. The van der Waals surface area contributed by atoms with Crippen molar-refractivity contribution in [3.05, 3.63) is 18.0 Å². The molecule has 1 aromatic rings. The van der Waals surface area contributed by atoms with Gasteiger partial charge in [-0.15, -0.1) is 0 Å². The Morgan fingerprint density at radius 3 is 2.90 bits per heavy atom. The molecule has 0 aliphatic heterocycles. The lowest BCUT2D eigenvalue weighted by Crippen LogP contribution is -2.40. The molecule has 1 N–H and O–H groups in total. The third kappa shape index (κ3) is 4.34. The highest BCUT2D eigenvalue weighted by atomic mass is 15.2. The van der Waals surface area contributed by atoms with Crippen molar-refractivity contribution in [3.8, 4) is 0 Å². The van der Waals surface area contributed by atoms with E-state index in [1.54, 1.807) is 0 Å². The second kappa shape index (κ2) is 7.82. The van der Waals surface area contributed by atoms with Crippen molar-refractivity contribution in [2.24, 2.45) is 18.9 Å². The van der Waals surface area contributed by atoms with Gasteiger partial charge in [-0.2, -0.15) is 5.10 Å². The van der Waals surface area contributed by atoms with Crippen LogP contribution in [0.1, 0.15) is 58.1 Å². The molecule has 1 saturated carbocycles. The highest BCUT2D eigenvalue weighted by molar-refractivity contribution is 5.02. The van der Waals surface area contributed by atoms with Crippen LogP contribution < -0.4 is 5.32 Å². The predicted molar refractivity (Wildman–Crippen MR) is 84.7 cm³/mol. The molecule has 1 aliphatic carbocycles. The normalized spacial score (nSPS) is 24.8. The molecule has 0 bridgehead atoms. The third-order valence-corrected chi connectivity index (χ3v) is 4.82. The van der Waals surface area contributed by atoms with E-state index in [0.29, 0.717) is 6.04 Å². The van der Waals surface area contributed by atoms with E-state index in [9.17, 15) is 0 Å². The summed E-state index contributed by atoms with van der Waals surface area (Å²) in [5, 5.41) is 8.36. The molecule has 0 radical (unpaired) electrons. The minimum absolute atomic E-state index is 0.610. The summed E-state index contributed by atoms with van der Waals surface area (Å²) in [5.41, 5.74) is 1.24. The van der Waals surface area contributed by atoms with E-state index in [1.165, 1.54) is 44.2 Å². The smallest absolute Gasteiger partial charge is 0.0640 e. The number of aromatic nitrogens is 2. The molecular formula is C17H31N3. The van der Waals surface area contributed by atoms with Crippen molar-refractivity contribution < 1.29 is 0 Å². The molecule has 20 heavy (non-hydrogen) atoms. The number of hydrogen-bond acceptors (Lipinski definition) is 2. The molecule has 1 heterocycles. The zero-order valence-corrected chi connectivity index (χ0v) is 13.4. The van der Waals surface area contributed by atoms with Crippen LogP contribution in [0.5, 0.6) is 0 Å². The van der Waals surface area contributed by atoms with Crippen LogP contribution in [0, 0.1) is 11.8 Å². The Morgan fingerprint density at radius 1 is 1.40 bits per heavy atom. The van der Waals surface area contributed by atoms with Gasteiger partial charge in [0.1, 0.15) is 0 Å². The van der Waals surface area contributed by atoms with Gasteiger partial charge >= 0.3 is 0 Å². The molecule has 1 aromatic heterocycles. The molecule has 0 spiro atoms. The summed E-state index contributed by atoms with van der Waals surface area (Å²) >= 11 is 0. The monoisotopic (exact) mass is 277 g/mol. The fourth-order valence-corrected chi connectivity index (χ4v) is 3.60. The lowest BCUT2D eigenvalue weighted by Gasteiger charge is -2.34. The maximum absolute atomic E-state index is 4.57. The van der Waals surface area contributed by atoms with E-state index >= 15 is 0 Å². The van der Waals surface area contributed by atoms with Gasteiger partial charge in [-0.1, -0.05) is 33.1 Å². The lowest BCUT2D eigenvalue weighted by atomic mass is 9.76. The minimum atomic E-state index is 0.610. The first-order valence-electron chi connectivity index (χ1n) is 8.44. The van der Waals surface area contributed by atoms with Crippen molar-refractivity contribution in [2.45, 2.75) is 64.8 Å². The van der Waals surface area contributed by atoms with Crippen LogP contribution in [0.3, 0.4) is 0 Å². The molecular weight excluding hydrogens is 246 g/mol. The first-order valence-corrected chi connectivity index (χ1v) is 8.44. The van der Waals surface area contributed by atoms with Crippen LogP contribution in [0.15, 0.2) is 12.3 Å². The van der Waals surface area contributed by atoms with E-state index in [-0.39, 0.29) is 0 Å². The predicted octanol–water partition coefficient (Wildman–Crippen LogP) is 3.55. The maximum Gasteiger partial charge on any atom is 0.0640 e. The van der Waals surface area contributed by atoms with Crippen LogP contribution in [-0.4, -0.2) is 22.4 Å². The Kier molecular flexibility index (Phi) is 6.08. The average molecular weight is 277 g/mol. The summed E-state index contributed by atoms with van der Waals surface area (Å²) in [7, 11) is 2.01. The molecule has 3 heteroatoms. The standard InChI is InChI=1S/C17H31N3/c1-4-10-18-17(13-16-9-11-20(3)19-16)15-8-6-7-14(5-2)12-15/h9,11,14-15,17-18H,4-8,10,12-13H2,1-3H3. The number of nitrogens with zero attached hydrogens (tertiary/aromatic N) is 2. The van der Waals surface area contributed by atoms with Gasteiger partial charge in [0.2, 0.25) is 0 Å². The highest BCUT2D eigenvalue weighted by Crippen LogP contribution is 2.33. The maximum atomic E-state index is 4.57. The van der Waals surface area contributed by atoms with Gasteiger partial charge < -0.3 is 5.32 Å². The lowest BCUT2D eigenvalue weighted by molar-refractivity contribution is 0.206. The van der Waals surface area contributed by atoms with E-state index < -0.39 is 0 Å². The molecule has 3 nitrogen and oxygen atoms in total. The van der Waals surface area contributed by atoms with Gasteiger partial charge in [0.05, 0.1) is 5.69 Å². The molecule has 3 unspecified atom stereocenters. The second-order valence-corrected chi connectivity index (χ2v) is 6.45. The summed E-state index contributed by atoms with van der Waals surface area (Å²) in [4.78, 5) is 0. The van der Waals surface area contributed by atoms with Crippen molar-refractivity contribution in [1.82, 2.24) is 15.1 Å². The summed E-state index contributed by atoms with van der Waals surface area (Å²) in [6, 6.07) is 2.78. The molecule has 0 aromatic carbocycles. The largest absolute Gasteiger partial charge is 0.313 e. The molecule has 114 valence electrons. The Morgan fingerprint density at radius 2 is 2.25 bits per heavy atom. The first-order chi connectivity index (χ1) is 9.72. The van der Waals surface area contributed by atoms with Crippen molar-refractivity contribution >= 4 is 0 Å². The zero-order valence-electron chi connectivity index (χ0n) is 13.4. The number of rotatable bonds is 7. The summed E-state index contributed by atoms with van der Waals surface area (Å²) < 4.78 is 1.92. The van der Waals surface area contributed by atoms with Crippen LogP contribution in [0.4, 0.5) is 0 Å². The molecule has 3 atom stereocenters. The molecule has 0 amide bonds. The first kappa shape index (κ1) is 15.6. The fraction of sp³-hybridized carbons (Fsp3) is 0.824. The fourth-order valence-electron chi connectivity index (χ4n) is 3.60. The van der Waals surface area contributed by atoms with Gasteiger partial charge in [0.15, 0.2) is 0 Å². The van der Waals surface area contributed by atoms with Crippen molar-refractivity contribution in [1.29, 1.82) is 0 Å². The highest BCUT2D eigenvalue weighted by Gasteiger charge is 2.27. The van der Waals surface area contributed by atoms with Crippen LogP contribution in [0.2, 0.25) is 0 Å². The van der Waals surface area contributed by atoms with Gasteiger partial charge in [0, 0.05) is 25.7 Å². The van der Waals surface area contributed by atoms with Gasteiger partial charge in [0.25, 0.3) is 0 Å². The Balaban J connectivity index is 1.98. The Bertz CT molecular complexity index is 385. The van der Waals surface area contributed by atoms with E-state index in [2.05, 4.69) is 36.5 Å². The van der Waals surface area contributed by atoms with Gasteiger partial charge in [-0.05, 0) is 43.7 Å². The van der Waals surface area contributed by atoms with E-state index in [0.717, 1.165) is 24.8 Å². The zero-order chi connectivity index (χ0) is 14.4. The number of aryl methyl sites for hydroxylation is 1. The SMILES string of the molecule is CCCNC(Cc1ccn(C)n1)C1CCCC(CC)C1. The van der Waals surface area contributed by atoms with Gasteiger partial charge in [-0.25, -0.2) is 0 Å². The minimum Gasteiger partial charge on any atom is -0.313 e. The molecule has 1 fully saturated rings. The topological polar surface area (TPSA) is 29.9 Å². The number of hydrogen-bond donors (Lipinski definition) is 1. The summed E-state index contributed by atoms with van der Waals surface area (Å²) in [6.07, 6.45) is 11.4. The van der Waals surface area contributed by atoms with Crippen LogP contribution in [-0.2, 0) is 13.5 Å². The van der Waals surface area contributed by atoms with Crippen LogP contribution in [0.25, 0.3) is 0 Å². The molecule has 2 rings (SSSR count). The van der Waals surface area contributed by atoms with E-state index in [4.69, 9.17) is 0 Å².